The monoisotopic (exact) mass is 304 g/mol. The predicted molar refractivity (Wildman–Crippen MR) is 61.2 cm³/mol. The van der Waals surface area contributed by atoms with Gasteiger partial charge >= 0.3 is 0 Å². The first kappa shape index (κ1) is 9.85. The topological polar surface area (TPSA) is 55.2 Å². The summed E-state index contributed by atoms with van der Waals surface area (Å²) < 4.78 is 0.775. The van der Waals surface area contributed by atoms with Crippen LogP contribution in [0.15, 0.2) is 12.1 Å². The predicted octanol–water partition coefficient (Wildman–Crippen LogP) is 1.85. The number of nitrogens with one attached hydrogen (secondary N) is 1. The molecule has 0 aliphatic carbocycles. The zero-order valence-electron chi connectivity index (χ0n) is 7.42. The van der Waals surface area contributed by atoms with Crippen molar-refractivity contribution in [2.24, 2.45) is 0 Å². The van der Waals surface area contributed by atoms with Gasteiger partial charge in [-0.25, -0.2) is 0 Å². The van der Waals surface area contributed by atoms with Crippen LogP contribution in [-0.4, -0.2) is 11.5 Å². The number of halogens is 1. The van der Waals surface area contributed by atoms with Crippen molar-refractivity contribution in [2.45, 2.75) is 13.0 Å². The fourth-order valence-corrected chi connectivity index (χ4v) is 2.57. The van der Waals surface area contributed by atoms with Gasteiger partial charge in [0.1, 0.15) is 0 Å². The summed E-state index contributed by atoms with van der Waals surface area (Å²) in [6.45, 7) is 1.70. The van der Waals surface area contributed by atoms with Gasteiger partial charge in [-0.05, 0) is 46.7 Å². The molecule has 1 aliphatic heterocycles. The van der Waals surface area contributed by atoms with Gasteiger partial charge < -0.3 is 5.32 Å². The minimum Gasteiger partial charge on any atom is -0.312 e. The average molecular weight is 304 g/mol. The summed E-state index contributed by atoms with van der Waals surface area (Å²) in [5, 5.41) is 13.9. The Hall–Kier alpha value is -0.690. The van der Waals surface area contributed by atoms with Crippen LogP contribution < -0.4 is 5.32 Å². The molecule has 0 fully saturated rings. The highest BCUT2D eigenvalue weighted by molar-refractivity contribution is 14.1. The van der Waals surface area contributed by atoms with Crippen LogP contribution in [-0.2, 0) is 13.0 Å². The Morgan fingerprint density at radius 3 is 3.00 bits per heavy atom. The SMILES string of the molecule is O=[N+]([O-])c1ccc2c(c1I)CNCC2. The largest absolute Gasteiger partial charge is 0.312 e. The van der Waals surface area contributed by atoms with E-state index in [1.165, 1.54) is 5.56 Å². The number of hydrogen-bond acceptors (Lipinski definition) is 3. The van der Waals surface area contributed by atoms with Gasteiger partial charge in [0.15, 0.2) is 0 Å². The molecule has 0 radical (unpaired) electrons. The molecule has 74 valence electrons. The molecule has 0 aromatic heterocycles. The lowest BCUT2D eigenvalue weighted by atomic mass is 10.0. The van der Waals surface area contributed by atoms with Gasteiger partial charge in [0, 0.05) is 12.6 Å². The zero-order valence-corrected chi connectivity index (χ0v) is 9.58. The highest BCUT2D eigenvalue weighted by Gasteiger charge is 2.19. The zero-order chi connectivity index (χ0) is 10.1. The summed E-state index contributed by atoms with van der Waals surface area (Å²) >= 11 is 2.06. The molecule has 0 amide bonds. The molecular formula is C9H9IN2O2. The van der Waals surface area contributed by atoms with Gasteiger partial charge in [0.2, 0.25) is 0 Å². The number of nitro groups is 1. The van der Waals surface area contributed by atoms with Crippen LogP contribution in [0.4, 0.5) is 5.69 Å². The smallest absolute Gasteiger partial charge is 0.282 e. The lowest BCUT2D eigenvalue weighted by molar-refractivity contribution is -0.385. The third kappa shape index (κ3) is 1.61. The molecule has 5 heteroatoms. The van der Waals surface area contributed by atoms with E-state index in [-0.39, 0.29) is 10.6 Å². The van der Waals surface area contributed by atoms with Crippen molar-refractivity contribution in [1.82, 2.24) is 5.32 Å². The van der Waals surface area contributed by atoms with Gasteiger partial charge in [0.25, 0.3) is 5.69 Å². The second-order valence-electron chi connectivity index (χ2n) is 3.22. The number of nitro benzene ring substituents is 1. The molecule has 0 unspecified atom stereocenters. The highest BCUT2D eigenvalue weighted by atomic mass is 127. The van der Waals surface area contributed by atoms with E-state index in [1.54, 1.807) is 6.07 Å². The van der Waals surface area contributed by atoms with E-state index in [9.17, 15) is 10.1 Å². The lowest BCUT2D eigenvalue weighted by Crippen LogP contribution is -2.24. The molecule has 0 atom stereocenters. The van der Waals surface area contributed by atoms with Crippen LogP contribution in [0.5, 0.6) is 0 Å². The van der Waals surface area contributed by atoms with Crippen LogP contribution in [0.2, 0.25) is 0 Å². The Morgan fingerprint density at radius 2 is 2.29 bits per heavy atom. The van der Waals surface area contributed by atoms with Crippen molar-refractivity contribution in [3.8, 4) is 0 Å². The molecule has 0 saturated heterocycles. The molecule has 0 bridgehead atoms. The molecular weight excluding hydrogens is 295 g/mol. The van der Waals surface area contributed by atoms with Crippen LogP contribution >= 0.6 is 22.6 Å². The second kappa shape index (κ2) is 3.82. The summed E-state index contributed by atoms with van der Waals surface area (Å²) in [5.41, 5.74) is 2.54. The second-order valence-corrected chi connectivity index (χ2v) is 4.30. The van der Waals surface area contributed by atoms with Gasteiger partial charge in [-0.2, -0.15) is 0 Å². The van der Waals surface area contributed by atoms with Crippen molar-refractivity contribution in [3.63, 3.8) is 0 Å². The first-order valence-electron chi connectivity index (χ1n) is 4.35. The van der Waals surface area contributed by atoms with E-state index in [4.69, 9.17) is 0 Å². The van der Waals surface area contributed by atoms with Crippen molar-refractivity contribution >= 4 is 28.3 Å². The molecule has 1 heterocycles. The Balaban J connectivity index is 2.54. The highest BCUT2D eigenvalue weighted by Crippen LogP contribution is 2.28. The molecule has 1 N–H and O–H groups in total. The first-order chi connectivity index (χ1) is 6.70. The van der Waals surface area contributed by atoms with E-state index in [0.29, 0.717) is 0 Å². The summed E-state index contributed by atoms with van der Waals surface area (Å²) in [4.78, 5) is 10.4. The van der Waals surface area contributed by atoms with Crippen LogP contribution in [0, 0.1) is 13.7 Å². The minimum atomic E-state index is -0.323. The molecule has 0 saturated carbocycles. The Labute approximate surface area is 95.0 Å². The summed E-state index contributed by atoms with van der Waals surface area (Å²) in [6, 6.07) is 3.47. The van der Waals surface area contributed by atoms with Crippen LogP contribution in [0.3, 0.4) is 0 Å². The molecule has 2 rings (SSSR count). The quantitative estimate of drug-likeness (QED) is 0.489. The van der Waals surface area contributed by atoms with E-state index >= 15 is 0 Å². The van der Waals surface area contributed by atoms with E-state index in [1.807, 2.05) is 6.07 Å². The van der Waals surface area contributed by atoms with Gasteiger partial charge in [-0.1, -0.05) is 6.07 Å². The fraction of sp³-hybridized carbons (Fsp3) is 0.333. The average Bonchev–Trinajstić information content (AvgIpc) is 2.18. The molecule has 14 heavy (non-hydrogen) atoms. The fourth-order valence-electron chi connectivity index (χ4n) is 1.65. The maximum Gasteiger partial charge on any atom is 0.282 e. The normalized spacial score (nSPS) is 14.9. The third-order valence-corrected chi connectivity index (χ3v) is 3.59. The van der Waals surface area contributed by atoms with Gasteiger partial charge in [-0.15, -0.1) is 0 Å². The number of benzene rings is 1. The number of fused-ring (bicyclic) bond motifs is 1. The van der Waals surface area contributed by atoms with E-state index in [0.717, 1.165) is 28.6 Å². The van der Waals surface area contributed by atoms with Gasteiger partial charge in [0.05, 0.1) is 8.49 Å². The minimum absolute atomic E-state index is 0.216. The van der Waals surface area contributed by atoms with Crippen molar-refractivity contribution < 1.29 is 4.92 Å². The molecule has 1 aromatic carbocycles. The molecule has 0 spiro atoms. The first-order valence-corrected chi connectivity index (χ1v) is 5.43. The van der Waals surface area contributed by atoms with Gasteiger partial charge in [-0.3, -0.25) is 10.1 Å². The molecule has 4 nitrogen and oxygen atoms in total. The number of rotatable bonds is 1. The lowest BCUT2D eigenvalue weighted by Gasteiger charge is -2.17. The Kier molecular flexibility index (Phi) is 2.69. The number of nitrogens with zero attached hydrogens (tertiary/aromatic N) is 1. The Morgan fingerprint density at radius 1 is 1.50 bits per heavy atom. The van der Waals surface area contributed by atoms with Crippen molar-refractivity contribution in [1.29, 1.82) is 0 Å². The van der Waals surface area contributed by atoms with Crippen molar-refractivity contribution in [2.75, 3.05) is 6.54 Å². The number of hydrogen-bond donors (Lipinski definition) is 1. The standard InChI is InChI=1S/C9H9IN2O2/c10-9-7-5-11-4-3-6(7)1-2-8(9)12(13)14/h1-2,11H,3-5H2. The maximum atomic E-state index is 10.7. The summed E-state index contributed by atoms with van der Waals surface area (Å²) in [5.74, 6) is 0. The van der Waals surface area contributed by atoms with Crippen molar-refractivity contribution in [3.05, 3.63) is 36.9 Å². The van der Waals surface area contributed by atoms with E-state index in [2.05, 4.69) is 27.9 Å². The van der Waals surface area contributed by atoms with E-state index < -0.39 is 0 Å². The van der Waals surface area contributed by atoms with Crippen LogP contribution in [0.1, 0.15) is 11.1 Å². The summed E-state index contributed by atoms with van der Waals surface area (Å²) in [6.07, 6.45) is 0.962. The Bertz CT molecular complexity index is 393. The maximum absolute atomic E-state index is 10.7. The van der Waals surface area contributed by atoms with Crippen LogP contribution in [0.25, 0.3) is 0 Å². The molecule has 1 aromatic rings. The summed E-state index contributed by atoms with van der Waals surface area (Å²) in [7, 11) is 0. The molecule has 1 aliphatic rings. The third-order valence-electron chi connectivity index (χ3n) is 2.39.